The number of hydrogen-bond acceptors (Lipinski definition) is 3. The highest BCUT2D eigenvalue weighted by molar-refractivity contribution is 6.12. The number of likely N-dealkylation sites (N-methyl/N-ethyl adjacent to an activating group) is 1. The number of rotatable bonds is 4. The minimum Gasteiger partial charge on any atom is -0.370 e. The number of aliphatic imine (C=N–C) groups is 1. The number of carbonyl (C=O) groups excluding carboxylic acids is 1. The Hall–Kier alpha value is -2.34. The zero-order chi connectivity index (χ0) is 14.5. The van der Waals surface area contributed by atoms with Crippen LogP contribution in [0.4, 0.5) is 0 Å². The molecule has 1 amide bonds. The Morgan fingerprint density at radius 2 is 2.15 bits per heavy atom. The Balaban J connectivity index is 2.05. The van der Waals surface area contributed by atoms with Crippen molar-refractivity contribution in [1.82, 2.24) is 15.2 Å². The normalized spacial score (nSPS) is 12.1. The molecular formula is C14H19N5O. The number of nitrogens with one attached hydrogen (secondary N) is 2. The van der Waals surface area contributed by atoms with Crippen LogP contribution in [0.5, 0.6) is 0 Å². The number of hydrogen-bond donors (Lipinski definition) is 3. The van der Waals surface area contributed by atoms with Gasteiger partial charge in [0.2, 0.25) is 0 Å². The summed E-state index contributed by atoms with van der Waals surface area (Å²) in [6.45, 7) is 1.33. The number of fused-ring (bicyclic) bond motifs is 1. The summed E-state index contributed by atoms with van der Waals surface area (Å²) in [5.74, 6) is -0.115. The highest BCUT2D eigenvalue weighted by Crippen LogP contribution is 2.17. The molecule has 0 aliphatic carbocycles. The predicted octanol–water partition coefficient (Wildman–Crippen LogP) is 0.774. The van der Waals surface area contributed by atoms with E-state index in [0.29, 0.717) is 12.1 Å². The van der Waals surface area contributed by atoms with Crippen LogP contribution in [0, 0.1) is 0 Å². The summed E-state index contributed by atoms with van der Waals surface area (Å²) >= 11 is 0. The van der Waals surface area contributed by atoms with E-state index in [4.69, 9.17) is 5.73 Å². The highest BCUT2D eigenvalue weighted by atomic mass is 16.1. The maximum Gasteiger partial charge on any atom is 0.260 e. The number of H-pyrrole nitrogens is 1. The van der Waals surface area contributed by atoms with E-state index < -0.39 is 0 Å². The number of nitrogens with zero attached hydrogens (tertiary/aromatic N) is 2. The Morgan fingerprint density at radius 3 is 2.90 bits per heavy atom. The number of benzene rings is 1. The average Bonchev–Trinajstić information content (AvgIpc) is 2.82. The fourth-order valence-electron chi connectivity index (χ4n) is 1.85. The molecular weight excluding hydrogens is 254 g/mol. The van der Waals surface area contributed by atoms with Gasteiger partial charge < -0.3 is 15.6 Å². The average molecular weight is 273 g/mol. The standard InChI is InChI=1S/C14H19N5O/c1-19(2)8-7-16-14(15)18-13(20)11-9-17-12-6-4-3-5-10(11)12/h3-6,9,17H,7-8H2,1-2H3,(H3,15,16,18,20). The number of nitrogens with two attached hydrogens (primary N) is 1. The summed E-state index contributed by atoms with van der Waals surface area (Å²) in [7, 11) is 3.91. The molecule has 1 aromatic carbocycles. The number of amides is 1. The summed E-state index contributed by atoms with van der Waals surface area (Å²) in [5.41, 5.74) is 7.18. The molecule has 106 valence electrons. The maximum atomic E-state index is 12.1. The lowest BCUT2D eigenvalue weighted by atomic mass is 10.1. The monoisotopic (exact) mass is 273 g/mol. The van der Waals surface area contributed by atoms with Crippen LogP contribution in [0.25, 0.3) is 10.9 Å². The fourth-order valence-corrected chi connectivity index (χ4v) is 1.85. The highest BCUT2D eigenvalue weighted by Gasteiger charge is 2.12. The Labute approximate surface area is 117 Å². The third-order valence-electron chi connectivity index (χ3n) is 2.90. The molecule has 0 atom stereocenters. The molecule has 0 aliphatic rings. The maximum absolute atomic E-state index is 12.1. The minimum atomic E-state index is -0.256. The Kier molecular flexibility index (Phi) is 4.37. The molecule has 6 heteroatoms. The fraction of sp³-hybridized carbons (Fsp3) is 0.286. The first kappa shape index (κ1) is 14.1. The molecule has 0 radical (unpaired) electrons. The van der Waals surface area contributed by atoms with Gasteiger partial charge in [-0.1, -0.05) is 18.2 Å². The summed E-state index contributed by atoms with van der Waals surface area (Å²) in [6, 6.07) is 7.61. The smallest absolute Gasteiger partial charge is 0.260 e. The number of guanidine groups is 1. The van der Waals surface area contributed by atoms with E-state index in [-0.39, 0.29) is 11.9 Å². The van der Waals surface area contributed by atoms with E-state index in [0.717, 1.165) is 17.4 Å². The first-order chi connectivity index (χ1) is 9.58. The molecule has 20 heavy (non-hydrogen) atoms. The molecule has 4 N–H and O–H groups in total. The van der Waals surface area contributed by atoms with Gasteiger partial charge in [0.15, 0.2) is 5.96 Å². The van der Waals surface area contributed by atoms with Crippen LogP contribution in [0.15, 0.2) is 35.5 Å². The van der Waals surface area contributed by atoms with Gasteiger partial charge in [-0.3, -0.25) is 15.1 Å². The van der Waals surface area contributed by atoms with E-state index >= 15 is 0 Å². The first-order valence-electron chi connectivity index (χ1n) is 6.40. The molecule has 6 nitrogen and oxygen atoms in total. The minimum absolute atomic E-state index is 0.141. The molecule has 0 saturated carbocycles. The first-order valence-corrected chi connectivity index (χ1v) is 6.40. The van der Waals surface area contributed by atoms with Crippen LogP contribution >= 0.6 is 0 Å². The SMILES string of the molecule is CN(C)CCN=C(N)NC(=O)c1c[nH]c2ccccc12. The van der Waals surface area contributed by atoms with Crippen LogP contribution in [0.3, 0.4) is 0 Å². The van der Waals surface area contributed by atoms with E-state index in [2.05, 4.69) is 15.3 Å². The van der Waals surface area contributed by atoms with Gasteiger partial charge in [0.1, 0.15) is 0 Å². The summed E-state index contributed by atoms with van der Waals surface area (Å²) in [5, 5.41) is 3.47. The van der Waals surface area contributed by atoms with Crippen LogP contribution in [0.2, 0.25) is 0 Å². The molecule has 2 rings (SSSR count). The zero-order valence-electron chi connectivity index (χ0n) is 11.7. The van der Waals surface area contributed by atoms with Crippen LogP contribution in [-0.4, -0.2) is 48.9 Å². The summed E-state index contributed by atoms with van der Waals surface area (Å²) in [4.78, 5) is 21.3. The van der Waals surface area contributed by atoms with E-state index in [1.54, 1.807) is 6.20 Å². The quantitative estimate of drug-likeness (QED) is 0.568. The number of para-hydroxylation sites is 1. The Morgan fingerprint density at radius 1 is 1.40 bits per heavy atom. The lowest BCUT2D eigenvalue weighted by Crippen LogP contribution is -2.37. The van der Waals surface area contributed by atoms with Gasteiger partial charge in [0.05, 0.1) is 12.1 Å². The van der Waals surface area contributed by atoms with Gasteiger partial charge in [0, 0.05) is 23.6 Å². The number of aromatic nitrogens is 1. The second-order valence-electron chi connectivity index (χ2n) is 4.77. The van der Waals surface area contributed by atoms with Crippen molar-refractivity contribution in [2.75, 3.05) is 27.2 Å². The van der Waals surface area contributed by atoms with Crippen molar-refractivity contribution in [2.45, 2.75) is 0 Å². The third kappa shape index (κ3) is 3.36. The number of aromatic amines is 1. The van der Waals surface area contributed by atoms with Crippen molar-refractivity contribution in [3.05, 3.63) is 36.0 Å². The van der Waals surface area contributed by atoms with E-state index in [1.807, 2.05) is 43.3 Å². The van der Waals surface area contributed by atoms with Crippen LogP contribution in [0.1, 0.15) is 10.4 Å². The van der Waals surface area contributed by atoms with Crippen molar-refractivity contribution in [1.29, 1.82) is 0 Å². The van der Waals surface area contributed by atoms with Crippen molar-refractivity contribution in [3.63, 3.8) is 0 Å². The van der Waals surface area contributed by atoms with Crippen molar-refractivity contribution in [3.8, 4) is 0 Å². The third-order valence-corrected chi connectivity index (χ3v) is 2.90. The van der Waals surface area contributed by atoms with Gasteiger partial charge in [-0.15, -0.1) is 0 Å². The molecule has 0 aliphatic heterocycles. The molecule has 0 fully saturated rings. The molecule has 2 aromatic rings. The van der Waals surface area contributed by atoms with Gasteiger partial charge in [0.25, 0.3) is 5.91 Å². The van der Waals surface area contributed by atoms with Crippen LogP contribution < -0.4 is 11.1 Å². The summed E-state index contributed by atoms with van der Waals surface area (Å²) < 4.78 is 0. The molecule has 1 heterocycles. The second kappa shape index (κ2) is 6.21. The van der Waals surface area contributed by atoms with Gasteiger partial charge in [-0.05, 0) is 20.2 Å². The van der Waals surface area contributed by atoms with Crippen molar-refractivity contribution in [2.24, 2.45) is 10.7 Å². The lowest BCUT2D eigenvalue weighted by Gasteiger charge is -2.07. The molecule has 0 bridgehead atoms. The molecule has 0 saturated heterocycles. The number of carbonyl (C=O) groups is 1. The van der Waals surface area contributed by atoms with Crippen molar-refractivity contribution < 1.29 is 4.79 Å². The molecule has 0 unspecified atom stereocenters. The predicted molar refractivity (Wildman–Crippen MR) is 80.8 cm³/mol. The van der Waals surface area contributed by atoms with E-state index in [9.17, 15) is 4.79 Å². The summed E-state index contributed by atoms with van der Waals surface area (Å²) in [6.07, 6.45) is 1.67. The zero-order valence-corrected chi connectivity index (χ0v) is 11.7. The largest absolute Gasteiger partial charge is 0.370 e. The lowest BCUT2D eigenvalue weighted by molar-refractivity contribution is 0.0978. The molecule has 0 spiro atoms. The van der Waals surface area contributed by atoms with Gasteiger partial charge >= 0.3 is 0 Å². The Bertz CT molecular complexity index is 629. The van der Waals surface area contributed by atoms with Crippen LogP contribution in [-0.2, 0) is 0 Å². The van der Waals surface area contributed by atoms with Gasteiger partial charge in [-0.2, -0.15) is 0 Å². The molecule has 1 aromatic heterocycles. The van der Waals surface area contributed by atoms with Crippen molar-refractivity contribution >= 4 is 22.8 Å². The van der Waals surface area contributed by atoms with E-state index in [1.165, 1.54) is 0 Å². The second-order valence-corrected chi connectivity index (χ2v) is 4.77. The topological polar surface area (TPSA) is 86.5 Å². The van der Waals surface area contributed by atoms with Gasteiger partial charge in [-0.25, -0.2) is 0 Å².